The van der Waals surface area contributed by atoms with Gasteiger partial charge in [-0.05, 0) is 43.3 Å². The molecule has 0 bridgehead atoms. The first kappa shape index (κ1) is 22.4. The third-order valence-electron chi connectivity index (χ3n) is 5.28. The van der Waals surface area contributed by atoms with E-state index in [1.165, 1.54) is 11.0 Å². The molecule has 0 unspecified atom stereocenters. The molecule has 0 saturated carbocycles. The quantitative estimate of drug-likeness (QED) is 0.552. The van der Waals surface area contributed by atoms with E-state index < -0.39 is 0 Å². The molecule has 2 heterocycles. The summed E-state index contributed by atoms with van der Waals surface area (Å²) in [6.07, 6.45) is 0.531. The van der Waals surface area contributed by atoms with Gasteiger partial charge in [0.2, 0.25) is 11.8 Å². The van der Waals surface area contributed by atoms with E-state index in [2.05, 4.69) is 5.32 Å². The third kappa shape index (κ3) is 5.52. The molecular formula is C25H25FN2O5. The van der Waals surface area contributed by atoms with Gasteiger partial charge in [0, 0.05) is 31.1 Å². The lowest BCUT2D eigenvalue weighted by Crippen LogP contribution is -2.38. The molecule has 0 atom stereocenters. The standard InChI is InChI=1S/C25H25FN2O5/c1-2-28(16-24(29)27-17-7-10-22-23(15-17)32-14-13-31-22)25(30)12-9-18-8-11-21(33-18)19-5-3-4-6-20(19)26/h3-8,10-11,15H,2,9,12-14,16H2,1H3,(H,27,29). The van der Waals surface area contributed by atoms with Crippen molar-refractivity contribution in [3.63, 3.8) is 0 Å². The smallest absolute Gasteiger partial charge is 0.243 e. The van der Waals surface area contributed by atoms with Gasteiger partial charge < -0.3 is 24.1 Å². The Balaban J connectivity index is 1.30. The molecule has 0 spiro atoms. The number of nitrogens with zero attached hydrogens (tertiary/aromatic N) is 1. The molecule has 2 aromatic carbocycles. The average molecular weight is 452 g/mol. The molecule has 1 aromatic heterocycles. The summed E-state index contributed by atoms with van der Waals surface area (Å²) in [5.74, 6) is 1.38. The first-order valence-electron chi connectivity index (χ1n) is 10.8. The van der Waals surface area contributed by atoms with Crippen molar-refractivity contribution < 1.29 is 27.9 Å². The zero-order chi connectivity index (χ0) is 23.2. The van der Waals surface area contributed by atoms with E-state index in [4.69, 9.17) is 13.9 Å². The van der Waals surface area contributed by atoms with Crippen LogP contribution in [-0.2, 0) is 16.0 Å². The molecule has 1 N–H and O–H groups in total. The minimum Gasteiger partial charge on any atom is -0.486 e. The Bertz CT molecular complexity index is 1140. The van der Waals surface area contributed by atoms with Gasteiger partial charge in [0.15, 0.2) is 11.5 Å². The predicted molar refractivity (Wildman–Crippen MR) is 121 cm³/mol. The molecule has 3 aromatic rings. The number of ether oxygens (including phenoxy) is 2. The van der Waals surface area contributed by atoms with Gasteiger partial charge in [0.25, 0.3) is 0 Å². The highest BCUT2D eigenvalue weighted by Gasteiger charge is 2.18. The molecule has 0 fully saturated rings. The van der Waals surface area contributed by atoms with Crippen LogP contribution in [0.3, 0.4) is 0 Å². The molecule has 1 aliphatic heterocycles. The fraction of sp³-hybridized carbons (Fsp3) is 0.280. The number of fused-ring (bicyclic) bond motifs is 1. The summed E-state index contributed by atoms with van der Waals surface area (Å²) in [4.78, 5) is 26.6. The van der Waals surface area contributed by atoms with Crippen LogP contribution in [0, 0.1) is 5.82 Å². The Morgan fingerprint density at radius 2 is 1.82 bits per heavy atom. The van der Waals surface area contributed by atoms with Gasteiger partial charge in [0.1, 0.15) is 30.6 Å². The second kappa shape index (κ2) is 10.2. The molecular weight excluding hydrogens is 427 g/mol. The SMILES string of the molecule is CCN(CC(=O)Nc1ccc2c(c1)OCCO2)C(=O)CCc1ccc(-c2ccccc2F)o1. The highest BCUT2D eigenvalue weighted by Crippen LogP contribution is 2.32. The van der Waals surface area contributed by atoms with Crippen LogP contribution < -0.4 is 14.8 Å². The van der Waals surface area contributed by atoms with E-state index in [9.17, 15) is 14.0 Å². The molecule has 8 heteroatoms. The second-order valence-corrected chi connectivity index (χ2v) is 7.56. The zero-order valence-electron chi connectivity index (χ0n) is 18.3. The molecule has 0 aliphatic carbocycles. The van der Waals surface area contributed by atoms with Gasteiger partial charge in [-0.2, -0.15) is 0 Å². The number of benzene rings is 2. The number of nitrogens with one attached hydrogen (secondary N) is 1. The Morgan fingerprint density at radius 3 is 2.61 bits per heavy atom. The number of furan rings is 1. The first-order valence-corrected chi connectivity index (χ1v) is 10.8. The summed E-state index contributed by atoms with van der Waals surface area (Å²) in [6, 6.07) is 15.0. The lowest BCUT2D eigenvalue weighted by atomic mass is 10.1. The summed E-state index contributed by atoms with van der Waals surface area (Å²) in [6.45, 7) is 3.10. The number of carbonyl (C=O) groups excluding carboxylic acids is 2. The monoisotopic (exact) mass is 452 g/mol. The number of amides is 2. The summed E-state index contributed by atoms with van der Waals surface area (Å²) in [7, 11) is 0. The molecule has 33 heavy (non-hydrogen) atoms. The van der Waals surface area contributed by atoms with Crippen molar-refractivity contribution in [1.82, 2.24) is 4.90 Å². The average Bonchev–Trinajstić information content (AvgIpc) is 3.30. The number of halogens is 1. The van der Waals surface area contributed by atoms with Crippen LogP contribution >= 0.6 is 0 Å². The van der Waals surface area contributed by atoms with E-state index in [-0.39, 0.29) is 30.6 Å². The Labute approximate surface area is 191 Å². The zero-order valence-corrected chi connectivity index (χ0v) is 18.3. The van der Waals surface area contributed by atoms with Crippen molar-refractivity contribution in [2.75, 3.05) is 31.6 Å². The molecule has 1 aliphatic rings. The topological polar surface area (TPSA) is 81.0 Å². The number of hydrogen-bond donors (Lipinski definition) is 1. The highest BCUT2D eigenvalue weighted by atomic mass is 19.1. The number of carbonyl (C=O) groups is 2. The van der Waals surface area contributed by atoms with Gasteiger partial charge in [0.05, 0.1) is 12.1 Å². The van der Waals surface area contributed by atoms with E-state index in [0.717, 1.165) is 0 Å². The fourth-order valence-corrected chi connectivity index (χ4v) is 3.58. The third-order valence-corrected chi connectivity index (χ3v) is 5.28. The lowest BCUT2D eigenvalue weighted by molar-refractivity contribution is -0.134. The number of anilines is 1. The molecule has 172 valence electrons. The second-order valence-electron chi connectivity index (χ2n) is 7.56. The predicted octanol–water partition coefficient (Wildman–Crippen LogP) is 4.28. The minimum atomic E-state index is -0.365. The van der Waals surface area contributed by atoms with Crippen LogP contribution in [0.5, 0.6) is 11.5 Å². The molecule has 0 radical (unpaired) electrons. The lowest BCUT2D eigenvalue weighted by Gasteiger charge is -2.21. The Hall–Kier alpha value is -3.81. The van der Waals surface area contributed by atoms with Gasteiger partial charge >= 0.3 is 0 Å². The largest absolute Gasteiger partial charge is 0.486 e. The van der Waals surface area contributed by atoms with Crippen LogP contribution in [0.1, 0.15) is 19.1 Å². The first-order chi connectivity index (χ1) is 16.0. The van der Waals surface area contributed by atoms with Crippen LogP contribution in [0.2, 0.25) is 0 Å². The summed E-state index contributed by atoms with van der Waals surface area (Å²) in [5.41, 5.74) is 0.949. The van der Waals surface area contributed by atoms with E-state index >= 15 is 0 Å². The Kier molecular flexibility index (Phi) is 6.92. The Morgan fingerprint density at radius 1 is 1.03 bits per heavy atom. The van der Waals surface area contributed by atoms with Crippen LogP contribution in [0.15, 0.2) is 59.0 Å². The van der Waals surface area contributed by atoms with Crippen molar-refractivity contribution in [2.24, 2.45) is 0 Å². The number of aryl methyl sites for hydroxylation is 1. The maximum atomic E-state index is 13.9. The normalized spacial score (nSPS) is 12.3. The number of hydrogen-bond acceptors (Lipinski definition) is 5. The molecule has 2 amide bonds. The van der Waals surface area contributed by atoms with E-state index in [0.29, 0.717) is 60.4 Å². The van der Waals surface area contributed by atoms with E-state index in [1.807, 2.05) is 6.92 Å². The maximum Gasteiger partial charge on any atom is 0.243 e. The van der Waals surface area contributed by atoms with Gasteiger partial charge in [-0.1, -0.05) is 12.1 Å². The van der Waals surface area contributed by atoms with Gasteiger partial charge in [-0.15, -0.1) is 0 Å². The number of likely N-dealkylation sites (N-methyl/N-ethyl adjacent to an activating group) is 1. The minimum absolute atomic E-state index is 0.0671. The van der Waals surface area contributed by atoms with Crippen molar-refractivity contribution >= 4 is 17.5 Å². The van der Waals surface area contributed by atoms with Crippen LogP contribution in [-0.4, -0.2) is 43.0 Å². The van der Waals surface area contributed by atoms with Gasteiger partial charge in [-0.3, -0.25) is 9.59 Å². The van der Waals surface area contributed by atoms with Crippen LogP contribution in [0.4, 0.5) is 10.1 Å². The molecule has 0 saturated heterocycles. The summed E-state index contributed by atoms with van der Waals surface area (Å²) in [5, 5.41) is 2.79. The summed E-state index contributed by atoms with van der Waals surface area (Å²) < 4.78 is 30.6. The molecule has 7 nitrogen and oxygen atoms in total. The van der Waals surface area contributed by atoms with Crippen molar-refractivity contribution in [1.29, 1.82) is 0 Å². The summed E-state index contributed by atoms with van der Waals surface area (Å²) >= 11 is 0. The highest BCUT2D eigenvalue weighted by molar-refractivity contribution is 5.94. The van der Waals surface area contributed by atoms with Gasteiger partial charge in [-0.25, -0.2) is 4.39 Å². The number of rotatable bonds is 8. The van der Waals surface area contributed by atoms with E-state index in [1.54, 1.807) is 48.5 Å². The maximum absolute atomic E-state index is 13.9. The van der Waals surface area contributed by atoms with Crippen LogP contribution in [0.25, 0.3) is 11.3 Å². The van der Waals surface area contributed by atoms with Crippen molar-refractivity contribution in [3.05, 3.63) is 66.2 Å². The fourth-order valence-electron chi connectivity index (χ4n) is 3.58. The molecule has 4 rings (SSSR count). The van der Waals surface area contributed by atoms with Crippen molar-refractivity contribution in [3.8, 4) is 22.8 Å². The van der Waals surface area contributed by atoms with Crippen molar-refractivity contribution in [2.45, 2.75) is 19.8 Å².